The average molecular weight is 320 g/mol. The lowest BCUT2D eigenvalue weighted by Gasteiger charge is -2.21. The fraction of sp³-hybridized carbons (Fsp3) is 0.211. The lowest BCUT2D eigenvalue weighted by atomic mass is 10.1. The van der Waals surface area contributed by atoms with Gasteiger partial charge in [0.1, 0.15) is 0 Å². The van der Waals surface area contributed by atoms with E-state index < -0.39 is 0 Å². The lowest BCUT2D eigenvalue weighted by molar-refractivity contribution is -0.116. The molecule has 0 aromatic heterocycles. The van der Waals surface area contributed by atoms with Gasteiger partial charge in [-0.05, 0) is 49.2 Å². The van der Waals surface area contributed by atoms with Crippen LogP contribution >= 0.6 is 0 Å². The predicted octanol–water partition coefficient (Wildman–Crippen LogP) is 2.78. The second-order valence-electron chi connectivity index (χ2n) is 6.25. The molecule has 0 fully saturated rings. The van der Waals surface area contributed by atoms with Gasteiger partial charge in [0.05, 0.1) is 16.8 Å². The zero-order valence-corrected chi connectivity index (χ0v) is 13.4. The highest BCUT2D eigenvalue weighted by Crippen LogP contribution is 2.37. The van der Waals surface area contributed by atoms with Crippen LogP contribution in [0.4, 0.5) is 11.4 Å². The fourth-order valence-electron chi connectivity index (χ4n) is 3.66. The molecule has 0 bridgehead atoms. The number of hydrogen-bond acceptors (Lipinski definition) is 3. The van der Waals surface area contributed by atoms with Crippen LogP contribution in [0.15, 0.2) is 42.5 Å². The first kappa shape index (κ1) is 14.6. The molecule has 0 radical (unpaired) electrons. The summed E-state index contributed by atoms with van der Waals surface area (Å²) in [5.74, 6) is -0.607. The molecule has 2 heterocycles. The van der Waals surface area contributed by atoms with Crippen LogP contribution in [0.2, 0.25) is 0 Å². The maximum absolute atomic E-state index is 12.6. The molecule has 2 aromatic carbocycles. The maximum atomic E-state index is 12.6. The minimum atomic E-state index is -0.301. The molecule has 0 saturated carbocycles. The molecule has 3 amide bonds. The third-order valence-corrected chi connectivity index (χ3v) is 4.67. The van der Waals surface area contributed by atoms with Crippen LogP contribution in [-0.4, -0.2) is 23.8 Å². The van der Waals surface area contributed by atoms with E-state index >= 15 is 0 Å². The summed E-state index contributed by atoms with van der Waals surface area (Å²) in [5, 5.41) is 0. The van der Waals surface area contributed by atoms with E-state index in [0.717, 1.165) is 11.3 Å². The summed E-state index contributed by atoms with van der Waals surface area (Å²) in [7, 11) is 0. The second-order valence-corrected chi connectivity index (χ2v) is 6.25. The van der Waals surface area contributed by atoms with Crippen LogP contribution in [0.5, 0.6) is 0 Å². The molecule has 1 unspecified atom stereocenters. The molecule has 5 nitrogen and oxygen atoms in total. The first-order chi connectivity index (χ1) is 11.5. The smallest absolute Gasteiger partial charge is 0.266 e. The lowest BCUT2D eigenvalue weighted by Crippen LogP contribution is -2.33. The topological polar surface area (TPSA) is 57.7 Å². The number of fused-ring (bicyclic) bond motifs is 2. The molecule has 5 heteroatoms. The minimum absolute atomic E-state index is 0.00488. The van der Waals surface area contributed by atoms with Crippen molar-refractivity contribution in [2.75, 3.05) is 9.80 Å². The summed E-state index contributed by atoms with van der Waals surface area (Å²) in [6, 6.07) is 12.3. The molecule has 2 aliphatic heterocycles. The number of hydrogen-bond donors (Lipinski definition) is 0. The van der Waals surface area contributed by atoms with E-state index in [0.29, 0.717) is 23.2 Å². The third kappa shape index (κ3) is 1.91. The molecule has 4 rings (SSSR count). The number of carbonyl (C=O) groups is 3. The van der Waals surface area contributed by atoms with Crippen LogP contribution in [0.25, 0.3) is 0 Å². The predicted molar refractivity (Wildman–Crippen MR) is 90.4 cm³/mol. The minimum Gasteiger partial charge on any atom is -0.309 e. The quantitative estimate of drug-likeness (QED) is 0.759. The second kappa shape index (κ2) is 5.03. The Labute approximate surface area is 139 Å². The molecule has 24 heavy (non-hydrogen) atoms. The number of imide groups is 1. The molecular weight excluding hydrogens is 304 g/mol. The van der Waals surface area contributed by atoms with Gasteiger partial charge in [0.2, 0.25) is 5.91 Å². The number of benzene rings is 2. The zero-order valence-electron chi connectivity index (χ0n) is 13.4. The van der Waals surface area contributed by atoms with E-state index in [1.54, 1.807) is 42.2 Å². The van der Waals surface area contributed by atoms with Gasteiger partial charge in [-0.25, -0.2) is 4.90 Å². The third-order valence-electron chi connectivity index (χ3n) is 4.67. The highest BCUT2D eigenvalue weighted by molar-refractivity contribution is 6.34. The Bertz CT molecular complexity index is 868. The summed E-state index contributed by atoms with van der Waals surface area (Å²) in [6.07, 6.45) is 0.714. The van der Waals surface area contributed by atoms with E-state index in [1.165, 1.54) is 4.90 Å². The Kier molecular flexibility index (Phi) is 3.06. The van der Waals surface area contributed by atoms with E-state index in [2.05, 4.69) is 0 Å². The standard InChI is InChI=1S/C19H16N2O3/c1-11-9-13-10-14(7-8-17(13)20(11)12(2)22)21-18(23)15-5-3-4-6-16(15)19(21)24/h3-8,10-11H,9H2,1-2H3. The maximum Gasteiger partial charge on any atom is 0.266 e. The average Bonchev–Trinajstić information content (AvgIpc) is 3.01. The van der Waals surface area contributed by atoms with Crippen molar-refractivity contribution in [1.29, 1.82) is 0 Å². The van der Waals surface area contributed by atoms with E-state index in [9.17, 15) is 14.4 Å². The van der Waals surface area contributed by atoms with Crippen LogP contribution < -0.4 is 9.80 Å². The first-order valence-electron chi connectivity index (χ1n) is 7.89. The van der Waals surface area contributed by atoms with Crippen molar-refractivity contribution in [1.82, 2.24) is 0 Å². The van der Waals surface area contributed by atoms with Crippen molar-refractivity contribution in [3.63, 3.8) is 0 Å². The molecule has 120 valence electrons. The number of amides is 3. The number of anilines is 2. The monoisotopic (exact) mass is 320 g/mol. The van der Waals surface area contributed by atoms with Crippen molar-refractivity contribution in [2.45, 2.75) is 26.3 Å². The number of nitrogens with zero attached hydrogens (tertiary/aromatic N) is 2. The van der Waals surface area contributed by atoms with Crippen LogP contribution in [0, 0.1) is 0 Å². The van der Waals surface area contributed by atoms with Crippen molar-refractivity contribution in [3.05, 3.63) is 59.2 Å². The summed E-state index contributed by atoms with van der Waals surface area (Å²) in [5.41, 5.74) is 3.25. The summed E-state index contributed by atoms with van der Waals surface area (Å²) in [6.45, 7) is 3.53. The summed E-state index contributed by atoms with van der Waals surface area (Å²) >= 11 is 0. The molecule has 0 spiro atoms. The van der Waals surface area contributed by atoms with Gasteiger partial charge in [-0.1, -0.05) is 12.1 Å². The summed E-state index contributed by atoms with van der Waals surface area (Å²) < 4.78 is 0. The van der Waals surface area contributed by atoms with Gasteiger partial charge < -0.3 is 4.90 Å². The largest absolute Gasteiger partial charge is 0.309 e. The van der Waals surface area contributed by atoms with Gasteiger partial charge in [-0.15, -0.1) is 0 Å². The van der Waals surface area contributed by atoms with Crippen molar-refractivity contribution in [2.24, 2.45) is 0 Å². The number of rotatable bonds is 1. The molecule has 0 saturated heterocycles. The van der Waals surface area contributed by atoms with Crippen LogP contribution in [-0.2, 0) is 11.2 Å². The Morgan fingerprint density at radius 1 is 1.04 bits per heavy atom. The van der Waals surface area contributed by atoms with Gasteiger partial charge in [0, 0.05) is 18.7 Å². The van der Waals surface area contributed by atoms with E-state index in [1.807, 2.05) is 19.1 Å². The molecule has 1 atom stereocenters. The molecule has 0 aliphatic carbocycles. The van der Waals surface area contributed by atoms with Crippen molar-refractivity contribution < 1.29 is 14.4 Å². The van der Waals surface area contributed by atoms with Crippen LogP contribution in [0.1, 0.15) is 40.1 Å². The van der Waals surface area contributed by atoms with Gasteiger partial charge in [0.25, 0.3) is 11.8 Å². The summed E-state index contributed by atoms with van der Waals surface area (Å²) in [4.78, 5) is 40.0. The highest BCUT2D eigenvalue weighted by atomic mass is 16.2. The van der Waals surface area contributed by atoms with E-state index in [-0.39, 0.29) is 23.8 Å². The van der Waals surface area contributed by atoms with Gasteiger partial charge >= 0.3 is 0 Å². The molecule has 2 aliphatic rings. The van der Waals surface area contributed by atoms with Crippen molar-refractivity contribution in [3.8, 4) is 0 Å². The van der Waals surface area contributed by atoms with Crippen molar-refractivity contribution >= 4 is 29.1 Å². The zero-order chi connectivity index (χ0) is 17.0. The number of carbonyl (C=O) groups excluding carboxylic acids is 3. The molecule has 2 aromatic rings. The Balaban J connectivity index is 1.76. The Hall–Kier alpha value is -2.95. The fourth-order valence-corrected chi connectivity index (χ4v) is 3.66. The van der Waals surface area contributed by atoms with Gasteiger partial charge in [-0.2, -0.15) is 0 Å². The Morgan fingerprint density at radius 3 is 2.25 bits per heavy atom. The Morgan fingerprint density at radius 2 is 1.67 bits per heavy atom. The molecule has 0 N–H and O–H groups in total. The van der Waals surface area contributed by atoms with Gasteiger partial charge in [-0.3, -0.25) is 14.4 Å². The highest BCUT2D eigenvalue weighted by Gasteiger charge is 2.37. The van der Waals surface area contributed by atoms with E-state index in [4.69, 9.17) is 0 Å². The SMILES string of the molecule is CC(=O)N1c2ccc(N3C(=O)c4ccccc4C3=O)cc2CC1C. The van der Waals surface area contributed by atoms with Gasteiger partial charge in [0.15, 0.2) is 0 Å². The normalized spacial score (nSPS) is 18.8. The first-order valence-corrected chi connectivity index (χ1v) is 7.89. The molecular formula is C19H16N2O3. The van der Waals surface area contributed by atoms with Crippen LogP contribution in [0.3, 0.4) is 0 Å².